The number of aromatic nitrogens is 1. The van der Waals surface area contributed by atoms with E-state index in [1.807, 2.05) is 0 Å². The summed E-state index contributed by atoms with van der Waals surface area (Å²) < 4.78 is 0. The molecule has 1 aliphatic rings. The van der Waals surface area contributed by atoms with Crippen molar-refractivity contribution in [1.29, 1.82) is 0 Å². The lowest BCUT2D eigenvalue weighted by molar-refractivity contribution is -0.384. The number of hydrogen-bond donors (Lipinski definition) is 2. The molecular formula is C11H15N3O4. The average molecular weight is 253 g/mol. The smallest absolute Gasteiger partial charge is 0.311 e. The highest BCUT2D eigenvalue weighted by atomic mass is 16.6. The van der Waals surface area contributed by atoms with Gasteiger partial charge in [-0.25, -0.2) is 4.98 Å². The molecule has 1 fully saturated rings. The van der Waals surface area contributed by atoms with Crippen LogP contribution in [0, 0.1) is 16.0 Å². The van der Waals surface area contributed by atoms with Gasteiger partial charge in [0.2, 0.25) is 5.82 Å². The first kappa shape index (κ1) is 13.9. The highest BCUT2D eigenvalue weighted by Crippen LogP contribution is 2.30. The Labute approximate surface area is 104 Å². The van der Waals surface area contributed by atoms with Gasteiger partial charge in [-0.1, -0.05) is 0 Å². The maximum Gasteiger partial charge on any atom is 0.311 e. The van der Waals surface area contributed by atoms with Gasteiger partial charge in [-0.2, -0.15) is 0 Å². The van der Waals surface area contributed by atoms with Crippen LogP contribution in [0.4, 0.5) is 11.5 Å². The molecule has 0 unspecified atom stereocenters. The first-order chi connectivity index (χ1) is 8.50. The molecule has 7 heteroatoms. The first-order valence-electron chi connectivity index (χ1n) is 5.53. The van der Waals surface area contributed by atoms with E-state index in [1.165, 1.54) is 18.9 Å². The number of hydrogen-bond acceptors (Lipinski definition) is 5. The van der Waals surface area contributed by atoms with Gasteiger partial charge in [0.15, 0.2) is 0 Å². The van der Waals surface area contributed by atoms with Gasteiger partial charge < -0.3 is 10.4 Å². The standard InChI is InChI=1S/C9H11N3O2.C2H4O2/c13-12(14)8-2-1-5-10-9(8)11-6-7-3-4-7;1-2(3)4/h1-2,5,7H,3-4,6H2,(H,10,11);1H3,(H,3,4). The summed E-state index contributed by atoms with van der Waals surface area (Å²) in [7, 11) is 0. The molecule has 0 aromatic carbocycles. The van der Waals surface area contributed by atoms with Crippen LogP contribution in [0.25, 0.3) is 0 Å². The summed E-state index contributed by atoms with van der Waals surface area (Å²) in [6.45, 7) is 1.87. The van der Waals surface area contributed by atoms with Crippen molar-refractivity contribution in [3.63, 3.8) is 0 Å². The number of aliphatic carboxylic acids is 1. The highest BCUT2D eigenvalue weighted by Gasteiger charge is 2.22. The van der Waals surface area contributed by atoms with E-state index in [-0.39, 0.29) is 5.69 Å². The van der Waals surface area contributed by atoms with Crippen LogP contribution in [0.2, 0.25) is 0 Å². The zero-order valence-corrected chi connectivity index (χ0v) is 10.00. The van der Waals surface area contributed by atoms with Crippen LogP contribution >= 0.6 is 0 Å². The van der Waals surface area contributed by atoms with Gasteiger partial charge in [0.1, 0.15) is 0 Å². The average Bonchev–Trinajstić information content (AvgIpc) is 3.09. The fraction of sp³-hybridized carbons (Fsp3) is 0.455. The van der Waals surface area contributed by atoms with Crippen molar-refractivity contribution in [2.24, 2.45) is 5.92 Å². The lowest BCUT2D eigenvalue weighted by Crippen LogP contribution is -2.07. The van der Waals surface area contributed by atoms with Crippen molar-refractivity contribution in [2.45, 2.75) is 19.8 Å². The quantitative estimate of drug-likeness (QED) is 0.627. The van der Waals surface area contributed by atoms with E-state index >= 15 is 0 Å². The summed E-state index contributed by atoms with van der Waals surface area (Å²) in [6.07, 6.45) is 3.99. The zero-order chi connectivity index (χ0) is 13.5. The monoisotopic (exact) mass is 253 g/mol. The van der Waals surface area contributed by atoms with Crippen LogP contribution in [0.15, 0.2) is 18.3 Å². The molecule has 98 valence electrons. The minimum atomic E-state index is -0.833. The van der Waals surface area contributed by atoms with E-state index in [4.69, 9.17) is 9.90 Å². The topological polar surface area (TPSA) is 105 Å². The molecule has 1 aromatic heterocycles. The minimum absolute atomic E-state index is 0.0492. The van der Waals surface area contributed by atoms with Gasteiger partial charge in [0.25, 0.3) is 5.97 Å². The molecule has 2 N–H and O–H groups in total. The third kappa shape index (κ3) is 5.24. The highest BCUT2D eigenvalue weighted by molar-refractivity contribution is 5.63. The van der Waals surface area contributed by atoms with Crippen LogP contribution < -0.4 is 5.32 Å². The molecule has 0 radical (unpaired) electrons. The molecule has 0 bridgehead atoms. The number of carbonyl (C=O) groups is 1. The van der Waals surface area contributed by atoms with Crippen LogP contribution in [-0.4, -0.2) is 27.5 Å². The normalized spacial score (nSPS) is 13.2. The Balaban J connectivity index is 0.000000357. The molecule has 0 spiro atoms. The lowest BCUT2D eigenvalue weighted by atomic mass is 10.3. The van der Waals surface area contributed by atoms with Gasteiger partial charge in [-0.3, -0.25) is 14.9 Å². The molecule has 2 rings (SSSR count). The molecule has 0 aliphatic heterocycles. The summed E-state index contributed by atoms with van der Waals surface area (Å²) in [5, 5.41) is 21.0. The minimum Gasteiger partial charge on any atom is -0.481 e. The Kier molecular flexibility index (Phi) is 5.04. The van der Waals surface area contributed by atoms with Crippen LogP contribution in [0.3, 0.4) is 0 Å². The number of nitrogens with zero attached hydrogens (tertiary/aromatic N) is 2. The Morgan fingerprint density at radius 1 is 1.67 bits per heavy atom. The fourth-order valence-electron chi connectivity index (χ4n) is 1.24. The van der Waals surface area contributed by atoms with Crippen molar-refractivity contribution >= 4 is 17.5 Å². The summed E-state index contributed by atoms with van der Waals surface area (Å²) in [6, 6.07) is 3.03. The molecule has 18 heavy (non-hydrogen) atoms. The van der Waals surface area contributed by atoms with E-state index < -0.39 is 10.9 Å². The number of carboxylic acids is 1. The third-order valence-corrected chi connectivity index (χ3v) is 2.24. The summed E-state index contributed by atoms with van der Waals surface area (Å²) in [4.78, 5) is 23.1. The largest absolute Gasteiger partial charge is 0.481 e. The number of nitrogens with one attached hydrogen (secondary N) is 1. The molecule has 1 aliphatic carbocycles. The van der Waals surface area contributed by atoms with Crippen LogP contribution in [-0.2, 0) is 4.79 Å². The van der Waals surface area contributed by atoms with Gasteiger partial charge in [-0.15, -0.1) is 0 Å². The summed E-state index contributed by atoms with van der Waals surface area (Å²) in [5.41, 5.74) is 0.0492. The van der Waals surface area contributed by atoms with Crippen molar-refractivity contribution in [1.82, 2.24) is 4.98 Å². The van der Waals surface area contributed by atoms with E-state index in [2.05, 4.69) is 10.3 Å². The van der Waals surface area contributed by atoms with Crippen LogP contribution in [0.1, 0.15) is 19.8 Å². The fourth-order valence-corrected chi connectivity index (χ4v) is 1.24. The Morgan fingerprint density at radius 3 is 2.78 bits per heavy atom. The second-order valence-corrected chi connectivity index (χ2v) is 3.97. The Morgan fingerprint density at radius 2 is 2.28 bits per heavy atom. The molecule has 0 amide bonds. The van der Waals surface area contributed by atoms with E-state index in [1.54, 1.807) is 12.3 Å². The second-order valence-electron chi connectivity index (χ2n) is 3.97. The molecule has 0 saturated heterocycles. The van der Waals surface area contributed by atoms with E-state index in [9.17, 15) is 10.1 Å². The maximum absolute atomic E-state index is 10.6. The zero-order valence-electron chi connectivity index (χ0n) is 10.00. The maximum atomic E-state index is 10.6. The number of nitro groups is 1. The van der Waals surface area contributed by atoms with Gasteiger partial charge in [0, 0.05) is 25.7 Å². The van der Waals surface area contributed by atoms with E-state index in [0.29, 0.717) is 11.7 Å². The predicted octanol–water partition coefficient (Wildman–Crippen LogP) is 1.90. The first-order valence-corrected chi connectivity index (χ1v) is 5.53. The van der Waals surface area contributed by atoms with Crippen molar-refractivity contribution in [3.05, 3.63) is 28.4 Å². The van der Waals surface area contributed by atoms with Crippen molar-refractivity contribution in [3.8, 4) is 0 Å². The predicted molar refractivity (Wildman–Crippen MR) is 65.4 cm³/mol. The molecule has 7 nitrogen and oxygen atoms in total. The van der Waals surface area contributed by atoms with E-state index in [0.717, 1.165) is 13.5 Å². The second kappa shape index (κ2) is 6.53. The lowest BCUT2D eigenvalue weighted by Gasteiger charge is -2.03. The summed E-state index contributed by atoms with van der Waals surface area (Å²) >= 11 is 0. The third-order valence-electron chi connectivity index (χ3n) is 2.24. The van der Waals surface area contributed by atoms with Crippen LogP contribution in [0.5, 0.6) is 0 Å². The molecule has 1 aromatic rings. The molecule has 1 saturated carbocycles. The van der Waals surface area contributed by atoms with Crippen molar-refractivity contribution < 1.29 is 14.8 Å². The molecular weight excluding hydrogens is 238 g/mol. The number of anilines is 1. The van der Waals surface area contributed by atoms with Gasteiger partial charge in [-0.05, 0) is 24.8 Å². The molecule has 0 atom stereocenters. The Hall–Kier alpha value is -2.18. The molecule has 1 heterocycles. The van der Waals surface area contributed by atoms with Gasteiger partial charge >= 0.3 is 5.69 Å². The number of carboxylic acid groups (broad SMARTS) is 1. The Bertz CT molecular complexity index is 428. The SMILES string of the molecule is CC(=O)O.O=[N+]([O-])c1cccnc1NCC1CC1. The van der Waals surface area contributed by atoms with Gasteiger partial charge in [0.05, 0.1) is 4.92 Å². The number of rotatable bonds is 4. The summed E-state index contributed by atoms with van der Waals surface area (Å²) in [5.74, 6) is 0.223. The number of pyridine rings is 1. The van der Waals surface area contributed by atoms with Crippen molar-refractivity contribution in [2.75, 3.05) is 11.9 Å².